The summed E-state index contributed by atoms with van der Waals surface area (Å²) < 4.78 is 11.6. The molecule has 0 aliphatic heterocycles. The van der Waals surface area contributed by atoms with Crippen LogP contribution >= 0.6 is 24.0 Å². The van der Waals surface area contributed by atoms with Gasteiger partial charge in [0.25, 0.3) is 0 Å². The van der Waals surface area contributed by atoms with E-state index in [0.717, 1.165) is 23.0 Å². The Hall–Kier alpha value is -0.650. The van der Waals surface area contributed by atoms with E-state index in [1.165, 1.54) is 11.1 Å². The third-order valence-corrected chi connectivity index (χ3v) is 4.32. The zero-order valence-electron chi connectivity index (χ0n) is 11.2. The summed E-state index contributed by atoms with van der Waals surface area (Å²) in [4.78, 5) is 0. The van der Waals surface area contributed by atoms with Gasteiger partial charge in [-0.25, -0.2) is 0 Å². The first kappa shape index (κ1) is 16.4. The van der Waals surface area contributed by atoms with Crippen LogP contribution in [0.2, 0.25) is 0 Å². The number of hydrogen-bond acceptors (Lipinski definition) is 3. The summed E-state index contributed by atoms with van der Waals surface area (Å²) in [7, 11) is -0.856. The lowest BCUT2D eigenvalue weighted by atomic mass is 10.2. The standard InChI is InChI=1S/C14H19NOS3/c1-12-5-7-13(8-6-12)11-18-14(17)15-9-3-4-10-19(2)16/h4-8,10H,3,9,11H2,1-2H3,(H,15,17)/b10-4+. The fraction of sp³-hybridized carbons (Fsp3) is 0.357. The summed E-state index contributed by atoms with van der Waals surface area (Å²) in [6.45, 7) is 2.87. The average Bonchev–Trinajstić information content (AvgIpc) is 2.37. The minimum Gasteiger partial charge on any atom is -0.371 e. The summed E-state index contributed by atoms with van der Waals surface area (Å²) in [5.74, 6) is 0.890. The van der Waals surface area contributed by atoms with Crippen LogP contribution in [-0.2, 0) is 16.6 Å². The van der Waals surface area contributed by atoms with E-state index in [1.807, 2.05) is 6.08 Å². The topological polar surface area (TPSA) is 29.1 Å². The van der Waals surface area contributed by atoms with Gasteiger partial charge in [-0.3, -0.25) is 4.21 Å². The molecule has 0 heterocycles. The first-order valence-corrected chi connectivity index (χ1v) is 9.04. The Labute approximate surface area is 127 Å². The lowest BCUT2D eigenvalue weighted by molar-refractivity contribution is 0.691. The van der Waals surface area contributed by atoms with Gasteiger partial charge in [0, 0.05) is 29.4 Å². The second-order valence-electron chi connectivity index (χ2n) is 4.15. The number of benzene rings is 1. The van der Waals surface area contributed by atoms with E-state index in [-0.39, 0.29) is 0 Å². The van der Waals surface area contributed by atoms with Crippen LogP contribution in [0.3, 0.4) is 0 Å². The van der Waals surface area contributed by atoms with Gasteiger partial charge in [-0.15, -0.1) is 0 Å². The van der Waals surface area contributed by atoms with Gasteiger partial charge in [-0.1, -0.05) is 59.9 Å². The Bertz CT molecular complexity index is 454. The molecule has 2 nitrogen and oxygen atoms in total. The quantitative estimate of drug-likeness (QED) is 0.644. The number of thioether (sulfide) groups is 1. The molecule has 0 aliphatic rings. The molecule has 0 saturated heterocycles. The van der Waals surface area contributed by atoms with E-state index in [0.29, 0.717) is 0 Å². The van der Waals surface area contributed by atoms with Crippen molar-refractivity contribution in [3.05, 3.63) is 46.9 Å². The van der Waals surface area contributed by atoms with E-state index in [2.05, 4.69) is 36.5 Å². The molecule has 0 aromatic heterocycles. The number of aryl methyl sites for hydroxylation is 1. The second-order valence-corrected chi connectivity index (χ2v) is 7.07. The van der Waals surface area contributed by atoms with Crippen LogP contribution in [0.25, 0.3) is 0 Å². The fourth-order valence-electron chi connectivity index (χ4n) is 1.35. The van der Waals surface area contributed by atoms with Gasteiger partial charge in [0.2, 0.25) is 0 Å². The van der Waals surface area contributed by atoms with Gasteiger partial charge in [0.15, 0.2) is 0 Å². The minimum absolute atomic E-state index is 0.785. The van der Waals surface area contributed by atoms with Crippen molar-refractivity contribution in [3.63, 3.8) is 0 Å². The summed E-state index contributed by atoms with van der Waals surface area (Å²) in [5.41, 5.74) is 2.55. The molecule has 1 atom stereocenters. The van der Waals surface area contributed by atoms with Crippen LogP contribution in [0.15, 0.2) is 35.7 Å². The molecule has 0 bridgehead atoms. The predicted octanol–water partition coefficient (Wildman–Crippen LogP) is 3.39. The minimum atomic E-state index is -0.856. The SMILES string of the molecule is Cc1ccc(CSC(=S)NCC/C=C/S(C)=O)cc1. The molecule has 0 amide bonds. The Morgan fingerprint density at radius 1 is 1.42 bits per heavy atom. The normalized spacial score (nSPS) is 12.5. The maximum absolute atomic E-state index is 10.8. The second kappa shape index (κ2) is 9.28. The predicted molar refractivity (Wildman–Crippen MR) is 90.9 cm³/mol. The average molecular weight is 314 g/mol. The van der Waals surface area contributed by atoms with Gasteiger partial charge < -0.3 is 5.32 Å². The Balaban J connectivity index is 2.17. The molecule has 5 heteroatoms. The fourth-order valence-corrected chi connectivity index (χ4v) is 2.73. The van der Waals surface area contributed by atoms with Crippen molar-refractivity contribution in [1.82, 2.24) is 5.32 Å². The highest BCUT2D eigenvalue weighted by Crippen LogP contribution is 2.13. The number of thiocarbonyl (C=S) groups is 1. The molecule has 1 unspecified atom stereocenters. The van der Waals surface area contributed by atoms with Gasteiger partial charge in [-0.2, -0.15) is 0 Å². The Morgan fingerprint density at radius 2 is 2.11 bits per heavy atom. The zero-order chi connectivity index (χ0) is 14.1. The summed E-state index contributed by atoms with van der Waals surface area (Å²) in [6, 6.07) is 8.48. The molecule has 0 saturated carbocycles. The first-order valence-electron chi connectivity index (χ1n) is 6.03. The smallest absolute Gasteiger partial charge is 0.134 e. The van der Waals surface area contributed by atoms with Crippen LogP contribution < -0.4 is 5.32 Å². The largest absolute Gasteiger partial charge is 0.371 e. The third kappa shape index (κ3) is 8.18. The third-order valence-electron chi connectivity index (χ3n) is 2.36. The first-order chi connectivity index (χ1) is 9.08. The molecule has 1 N–H and O–H groups in total. The maximum Gasteiger partial charge on any atom is 0.134 e. The summed E-state index contributed by atoms with van der Waals surface area (Å²) in [5, 5.41) is 4.88. The van der Waals surface area contributed by atoms with E-state index in [1.54, 1.807) is 23.4 Å². The van der Waals surface area contributed by atoms with E-state index in [4.69, 9.17) is 12.2 Å². The molecule has 0 aliphatic carbocycles. The monoisotopic (exact) mass is 313 g/mol. The highest BCUT2D eigenvalue weighted by atomic mass is 32.2. The van der Waals surface area contributed by atoms with Gasteiger partial charge >= 0.3 is 0 Å². The van der Waals surface area contributed by atoms with Crippen LogP contribution in [-0.4, -0.2) is 21.3 Å². The molecule has 1 aromatic rings. The Kier molecular flexibility index (Phi) is 8.02. The van der Waals surface area contributed by atoms with Crippen molar-refractivity contribution in [1.29, 1.82) is 0 Å². The van der Waals surface area contributed by atoms with Crippen LogP contribution in [0.1, 0.15) is 17.5 Å². The number of nitrogens with one attached hydrogen (secondary N) is 1. The van der Waals surface area contributed by atoms with Crippen molar-refractivity contribution in [2.24, 2.45) is 0 Å². The van der Waals surface area contributed by atoms with E-state index >= 15 is 0 Å². The van der Waals surface area contributed by atoms with Crippen molar-refractivity contribution in [2.45, 2.75) is 19.1 Å². The van der Waals surface area contributed by atoms with Gasteiger partial charge in [0.1, 0.15) is 4.32 Å². The van der Waals surface area contributed by atoms with Crippen LogP contribution in [0, 0.1) is 6.92 Å². The molecular weight excluding hydrogens is 294 g/mol. The van der Waals surface area contributed by atoms with Crippen molar-refractivity contribution < 1.29 is 4.21 Å². The van der Waals surface area contributed by atoms with Gasteiger partial charge in [-0.05, 0) is 24.3 Å². The highest BCUT2D eigenvalue weighted by molar-refractivity contribution is 8.22. The molecule has 1 rings (SSSR count). The molecule has 104 valence electrons. The van der Waals surface area contributed by atoms with Crippen molar-refractivity contribution >= 4 is 39.1 Å². The van der Waals surface area contributed by atoms with Gasteiger partial charge in [0.05, 0.1) is 0 Å². The zero-order valence-corrected chi connectivity index (χ0v) is 13.7. The lowest BCUT2D eigenvalue weighted by Crippen LogP contribution is -2.19. The number of rotatable bonds is 6. The lowest BCUT2D eigenvalue weighted by Gasteiger charge is -2.06. The maximum atomic E-state index is 10.8. The molecule has 1 aromatic carbocycles. The van der Waals surface area contributed by atoms with Crippen molar-refractivity contribution in [3.8, 4) is 0 Å². The van der Waals surface area contributed by atoms with Crippen LogP contribution in [0.5, 0.6) is 0 Å². The summed E-state index contributed by atoms with van der Waals surface area (Å²) >= 11 is 6.88. The van der Waals surface area contributed by atoms with E-state index in [9.17, 15) is 4.21 Å². The Morgan fingerprint density at radius 3 is 2.74 bits per heavy atom. The number of hydrogen-bond donors (Lipinski definition) is 1. The molecular formula is C14H19NOS3. The molecule has 19 heavy (non-hydrogen) atoms. The molecule has 0 radical (unpaired) electrons. The molecule has 0 spiro atoms. The highest BCUT2D eigenvalue weighted by Gasteiger charge is 1.98. The van der Waals surface area contributed by atoms with E-state index < -0.39 is 10.8 Å². The van der Waals surface area contributed by atoms with Crippen molar-refractivity contribution in [2.75, 3.05) is 12.8 Å². The summed E-state index contributed by atoms with van der Waals surface area (Å²) in [6.07, 6.45) is 4.41. The van der Waals surface area contributed by atoms with Crippen LogP contribution in [0.4, 0.5) is 0 Å². The molecule has 0 fully saturated rings.